The zero-order valence-electron chi connectivity index (χ0n) is 18.4. The van der Waals surface area contributed by atoms with Crippen LogP contribution in [0.3, 0.4) is 0 Å². The summed E-state index contributed by atoms with van der Waals surface area (Å²) < 4.78 is 6.55. The van der Waals surface area contributed by atoms with Gasteiger partial charge in [0, 0.05) is 24.2 Å². The van der Waals surface area contributed by atoms with Crippen molar-refractivity contribution in [2.24, 2.45) is 0 Å². The van der Waals surface area contributed by atoms with E-state index in [9.17, 15) is 4.79 Å². The number of ether oxygens (including phenoxy) is 1. The van der Waals surface area contributed by atoms with E-state index in [1.165, 1.54) is 7.11 Å². The Balaban J connectivity index is 1.66. The van der Waals surface area contributed by atoms with E-state index >= 15 is 0 Å². The highest BCUT2D eigenvalue weighted by Gasteiger charge is 2.19. The molecule has 2 aromatic heterocycles. The zero-order chi connectivity index (χ0) is 23.0. The van der Waals surface area contributed by atoms with E-state index in [4.69, 9.17) is 10.1 Å². The first kappa shape index (κ1) is 22.3. The van der Waals surface area contributed by atoms with E-state index < -0.39 is 6.09 Å². The Labute approximate surface area is 196 Å². The molecule has 0 aliphatic carbocycles. The quantitative estimate of drug-likeness (QED) is 0.287. The first-order valence-corrected chi connectivity index (χ1v) is 11.4. The number of nitrogens with zero attached hydrogens (tertiary/aromatic N) is 4. The SMILES string of the molecule is COC(=O)NCCSc1nn(-c2ccccc2)c(C)c1-c1ccnc(Nc2ccccc2)n1. The summed E-state index contributed by atoms with van der Waals surface area (Å²) in [6.45, 7) is 2.48. The standard InChI is InChI=1S/C24H24N6O2S/c1-17-21(20-13-14-25-23(28-20)27-18-9-5-3-6-10-18)22(33-16-15-26-24(31)32-2)29-30(17)19-11-7-4-8-12-19/h3-14H,15-16H2,1-2H3,(H,26,31)(H,25,27,28). The normalized spacial score (nSPS) is 10.6. The molecule has 0 aliphatic rings. The van der Waals surface area contributed by atoms with Gasteiger partial charge in [-0.3, -0.25) is 0 Å². The topological polar surface area (TPSA) is 94.0 Å². The molecule has 4 aromatic rings. The van der Waals surface area contributed by atoms with Gasteiger partial charge in [0.15, 0.2) is 0 Å². The van der Waals surface area contributed by atoms with Gasteiger partial charge in [0.1, 0.15) is 5.03 Å². The summed E-state index contributed by atoms with van der Waals surface area (Å²) in [5.41, 5.74) is 4.54. The third kappa shape index (κ3) is 5.50. The average molecular weight is 461 g/mol. The van der Waals surface area contributed by atoms with E-state index in [-0.39, 0.29) is 0 Å². The zero-order valence-corrected chi connectivity index (χ0v) is 19.2. The molecule has 0 unspecified atom stereocenters. The third-order valence-corrected chi connectivity index (χ3v) is 5.79. The summed E-state index contributed by atoms with van der Waals surface area (Å²) in [7, 11) is 1.35. The minimum absolute atomic E-state index is 0.450. The van der Waals surface area contributed by atoms with E-state index in [1.807, 2.05) is 78.3 Å². The van der Waals surface area contributed by atoms with Crippen LogP contribution in [0.2, 0.25) is 0 Å². The molecule has 4 rings (SSSR count). The molecule has 0 atom stereocenters. The van der Waals surface area contributed by atoms with Crippen LogP contribution in [-0.2, 0) is 4.74 Å². The van der Waals surface area contributed by atoms with E-state index in [1.54, 1.807) is 18.0 Å². The molecular weight excluding hydrogens is 436 g/mol. The van der Waals surface area contributed by atoms with E-state index in [0.29, 0.717) is 18.2 Å². The van der Waals surface area contributed by atoms with Crippen molar-refractivity contribution in [2.75, 3.05) is 24.7 Å². The molecule has 0 bridgehead atoms. The maximum Gasteiger partial charge on any atom is 0.406 e. The summed E-state index contributed by atoms with van der Waals surface area (Å²) in [5, 5.41) is 11.6. The smallest absolute Gasteiger partial charge is 0.406 e. The molecule has 2 heterocycles. The van der Waals surface area contributed by atoms with Crippen LogP contribution in [0.15, 0.2) is 78.0 Å². The first-order valence-electron chi connectivity index (χ1n) is 10.4. The van der Waals surface area contributed by atoms with Gasteiger partial charge in [-0.1, -0.05) is 36.4 Å². The minimum atomic E-state index is -0.450. The Morgan fingerprint density at radius 3 is 2.52 bits per heavy atom. The van der Waals surface area contributed by atoms with Gasteiger partial charge in [0.2, 0.25) is 5.95 Å². The molecule has 8 nitrogen and oxygen atoms in total. The minimum Gasteiger partial charge on any atom is -0.453 e. The van der Waals surface area contributed by atoms with Gasteiger partial charge in [0.05, 0.1) is 29.7 Å². The van der Waals surface area contributed by atoms with Crippen LogP contribution >= 0.6 is 11.8 Å². The second-order valence-corrected chi connectivity index (χ2v) is 8.12. The molecule has 2 N–H and O–H groups in total. The second kappa shape index (κ2) is 10.6. The summed E-state index contributed by atoms with van der Waals surface area (Å²) in [4.78, 5) is 20.5. The number of methoxy groups -OCH3 is 1. The van der Waals surface area contributed by atoms with E-state index in [2.05, 4.69) is 20.4 Å². The van der Waals surface area contributed by atoms with Crippen molar-refractivity contribution in [1.29, 1.82) is 0 Å². The molecule has 2 aromatic carbocycles. The van der Waals surface area contributed by atoms with Crippen LogP contribution in [0.5, 0.6) is 0 Å². The highest BCUT2D eigenvalue weighted by atomic mass is 32.2. The molecule has 0 saturated heterocycles. The number of anilines is 2. The number of amides is 1. The maximum absolute atomic E-state index is 11.4. The Kier molecular flexibility index (Phi) is 7.21. The number of alkyl carbamates (subject to hydrolysis) is 1. The largest absolute Gasteiger partial charge is 0.453 e. The molecule has 168 valence electrons. The number of carbonyl (C=O) groups is 1. The summed E-state index contributed by atoms with van der Waals surface area (Å²) >= 11 is 1.55. The summed E-state index contributed by atoms with van der Waals surface area (Å²) in [5.74, 6) is 1.14. The molecule has 9 heteroatoms. The number of rotatable bonds is 8. The number of carbonyl (C=O) groups excluding carboxylic acids is 1. The van der Waals surface area contributed by atoms with Gasteiger partial charge >= 0.3 is 6.09 Å². The van der Waals surface area contributed by atoms with Crippen molar-refractivity contribution in [3.05, 3.63) is 78.6 Å². The van der Waals surface area contributed by atoms with Crippen LogP contribution < -0.4 is 10.6 Å². The van der Waals surface area contributed by atoms with Crippen molar-refractivity contribution in [3.8, 4) is 16.9 Å². The Hall–Kier alpha value is -3.85. The van der Waals surface area contributed by atoms with Crippen LogP contribution in [-0.4, -0.2) is 45.2 Å². The lowest BCUT2D eigenvalue weighted by Crippen LogP contribution is -2.25. The van der Waals surface area contributed by atoms with Gasteiger partial charge in [-0.25, -0.2) is 19.4 Å². The predicted octanol–water partition coefficient (Wildman–Crippen LogP) is 4.83. The first-order chi connectivity index (χ1) is 16.2. The molecule has 0 spiro atoms. The average Bonchev–Trinajstić information content (AvgIpc) is 3.19. The van der Waals surface area contributed by atoms with Crippen molar-refractivity contribution in [3.63, 3.8) is 0 Å². The van der Waals surface area contributed by atoms with Gasteiger partial charge in [-0.05, 0) is 37.3 Å². The summed E-state index contributed by atoms with van der Waals surface area (Å²) in [6.07, 6.45) is 1.29. The third-order valence-electron chi connectivity index (χ3n) is 4.82. The second-order valence-electron chi connectivity index (χ2n) is 7.04. The number of thioether (sulfide) groups is 1. The fourth-order valence-corrected chi connectivity index (χ4v) is 4.21. The monoisotopic (exact) mass is 460 g/mol. The fourth-order valence-electron chi connectivity index (χ4n) is 3.27. The number of para-hydroxylation sites is 2. The molecule has 0 aliphatic heterocycles. The molecule has 0 saturated carbocycles. The van der Waals surface area contributed by atoms with Crippen molar-refractivity contribution in [2.45, 2.75) is 11.9 Å². The lowest BCUT2D eigenvalue weighted by molar-refractivity contribution is 0.172. The van der Waals surface area contributed by atoms with Gasteiger partial charge in [0.25, 0.3) is 0 Å². The van der Waals surface area contributed by atoms with Crippen LogP contribution in [0.1, 0.15) is 5.69 Å². The van der Waals surface area contributed by atoms with Gasteiger partial charge in [-0.15, -0.1) is 11.8 Å². The van der Waals surface area contributed by atoms with Crippen LogP contribution in [0.4, 0.5) is 16.4 Å². The fraction of sp³-hybridized carbons (Fsp3) is 0.167. The number of benzene rings is 2. The predicted molar refractivity (Wildman–Crippen MR) is 130 cm³/mol. The highest BCUT2D eigenvalue weighted by molar-refractivity contribution is 7.99. The molecule has 1 amide bonds. The molecule has 0 fully saturated rings. The van der Waals surface area contributed by atoms with Gasteiger partial charge in [-0.2, -0.15) is 5.10 Å². The number of hydrogen-bond acceptors (Lipinski definition) is 7. The van der Waals surface area contributed by atoms with Crippen molar-refractivity contribution in [1.82, 2.24) is 25.1 Å². The number of nitrogens with one attached hydrogen (secondary N) is 2. The lowest BCUT2D eigenvalue weighted by Gasteiger charge is -2.08. The van der Waals surface area contributed by atoms with E-state index in [0.717, 1.165) is 33.4 Å². The Morgan fingerprint density at radius 1 is 1.06 bits per heavy atom. The number of hydrogen-bond donors (Lipinski definition) is 2. The summed E-state index contributed by atoms with van der Waals surface area (Å²) in [6, 6.07) is 21.6. The van der Waals surface area contributed by atoms with Crippen molar-refractivity contribution >= 4 is 29.5 Å². The lowest BCUT2D eigenvalue weighted by atomic mass is 10.2. The molecule has 0 radical (unpaired) electrons. The molecule has 33 heavy (non-hydrogen) atoms. The van der Waals surface area contributed by atoms with Crippen LogP contribution in [0, 0.1) is 6.92 Å². The molecular formula is C24H24N6O2S. The highest BCUT2D eigenvalue weighted by Crippen LogP contribution is 2.34. The Bertz CT molecular complexity index is 1210. The van der Waals surface area contributed by atoms with Gasteiger partial charge < -0.3 is 15.4 Å². The number of aromatic nitrogens is 4. The Morgan fingerprint density at radius 2 is 1.79 bits per heavy atom. The van der Waals surface area contributed by atoms with Crippen molar-refractivity contribution < 1.29 is 9.53 Å². The maximum atomic E-state index is 11.4. The van der Waals surface area contributed by atoms with Crippen LogP contribution in [0.25, 0.3) is 16.9 Å².